The van der Waals surface area contributed by atoms with E-state index in [9.17, 15) is 8.78 Å². The van der Waals surface area contributed by atoms with Crippen molar-refractivity contribution in [3.05, 3.63) is 58.0 Å². The number of benzene rings is 1. The monoisotopic (exact) mass is 301 g/mol. The van der Waals surface area contributed by atoms with Crippen LogP contribution in [0.1, 0.15) is 17.2 Å². The summed E-state index contributed by atoms with van der Waals surface area (Å²) >= 11 is 3.25. The Labute approximate surface area is 106 Å². The summed E-state index contributed by atoms with van der Waals surface area (Å²) in [5.41, 5.74) is 1.30. The zero-order chi connectivity index (χ0) is 12.4. The van der Waals surface area contributed by atoms with E-state index in [0.717, 1.165) is 11.6 Å². The highest BCUT2D eigenvalue weighted by Gasteiger charge is 2.18. The SMILES string of the molecule is CNC(c1cc(F)cc(F)c1)c1ccoc1Br. The average molecular weight is 302 g/mol. The summed E-state index contributed by atoms with van der Waals surface area (Å²) in [4.78, 5) is 0. The van der Waals surface area contributed by atoms with Crippen molar-refractivity contribution in [3.63, 3.8) is 0 Å². The molecule has 0 amide bonds. The van der Waals surface area contributed by atoms with Crippen LogP contribution in [-0.4, -0.2) is 7.05 Å². The molecule has 17 heavy (non-hydrogen) atoms. The van der Waals surface area contributed by atoms with Gasteiger partial charge in [-0.1, -0.05) is 0 Å². The van der Waals surface area contributed by atoms with Gasteiger partial charge in [0, 0.05) is 11.6 Å². The molecule has 2 aromatic rings. The Morgan fingerprint density at radius 2 is 1.88 bits per heavy atom. The highest BCUT2D eigenvalue weighted by molar-refractivity contribution is 9.10. The Kier molecular flexibility index (Phi) is 3.59. The highest BCUT2D eigenvalue weighted by atomic mass is 79.9. The molecule has 1 atom stereocenters. The van der Waals surface area contributed by atoms with Crippen LogP contribution in [0.15, 0.2) is 39.6 Å². The first kappa shape index (κ1) is 12.3. The third kappa shape index (κ3) is 2.56. The maximum Gasteiger partial charge on any atom is 0.174 e. The fourth-order valence-electron chi connectivity index (χ4n) is 1.75. The summed E-state index contributed by atoms with van der Waals surface area (Å²) in [7, 11) is 1.72. The molecule has 1 aromatic heterocycles. The van der Waals surface area contributed by atoms with Crippen LogP contribution in [0.25, 0.3) is 0 Å². The van der Waals surface area contributed by atoms with Crippen molar-refractivity contribution in [1.29, 1.82) is 0 Å². The van der Waals surface area contributed by atoms with E-state index in [1.54, 1.807) is 13.1 Å². The third-order valence-electron chi connectivity index (χ3n) is 2.46. The topological polar surface area (TPSA) is 25.2 Å². The van der Waals surface area contributed by atoms with Gasteiger partial charge in [0.1, 0.15) is 11.6 Å². The van der Waals surface area contributed by atoms with Crippen LogP contribution in [0.4, 0.5) is 8.78 Å². The molecule has 0 radical (unpaired) electrons. The van der Waals surface area contributed by atoms with Gasteiger partial charge in [-0.05, 0) is 46.7 Å². The van der Waals surface area contributed by atoms with Gasteiger partial charge in [-0.3, -0.25) is 0 Å². The molecule has 1 heterocycles. The first-order valence-electron chi connectivity index (χ1n) is 4.98. The van der Waals surface area contributed by atoms with E-state index in [2.05, 4.69) is 21.2 Å². The van der Waals surface area contributed by atoms with Gasteiger partial charge in [-0.15, -0.1) is 0 Å². The predicted octanol–water partition coefficient (Wildman–Crippen LogP) is 3.63. The smallest absolute Gasteiger partial charge is 0.174 e. The molecule has 90 valence electrons. The van der Waals surface area contributed by atoms with Crippen LogP contribution in [0.2, 0.25) is 0 Å². The number of halogens is 3. The summed E-state index contributed by atoms with van der Waals surface area (Å²) in [6, 6.07) is 4.86. The molecule has 2 nitrogen and oxygen atoms in total. The number of furan rings is 1. The van der Waals surface area contributed by atoms with Gasteiger partial charge in [0.15, 0.2) is 4.67 Å². The van der Waals surface area contributed by atoms with Gasteiger partial charge in [-0.2, -0.15) is 0 Å². The van der Waals surface area contributed by atoms with Gasteiger partial charge < -0.3 is 9.73 Å². The fourth-order valence-corrected chi connectivity index (χ4v) is 2.22. The van der Waals surface area contributed by atoms with E-state index in [1.165, 1.54) is 18.4 Å². The molecule has 0 aliphatic carbocycles. The number of rotatable bonds is 3. The Hall–Kier alpha value is -1.20. The van der Waals surface area contributed by atoms with Crippen LogP contribution in [-0.2, 0) is 0 Å². The molecule has 1 N–H and O–H groups in total. The molecule has 0 aliphatic rings. The fraction of sp³-hybridized carbons (Fsp3) is 0.167. The standard InChI is InChI=1S/C12H10BrF2NO/c1-16-11(10-2-3-17-12(10)13)7-4-8(14)6-9(15)5-7/h2-6,11,16H,1H3. The largest absolute Gasteiger partial charge is 0.457 e. The highest BCUT2D eigenvalue weighted by Crippen LogP contribution is 2.29. The Morgan fingerprint density at radius 1 is 1.24 bits per heavy atom. The Bertz CT molecular complexity index is 507. The molecule has 0 saturated heterocycles. The molecule has 0 saturated carbocycles. The number of hydrogen-bond acceptors (Lipinski definition) is 2. The van der Waals surface area contributed by atoms with E-state index in [4.69, 9.17) is 4.42 Å². The second kappa shape index (κ2) is 4.98. The zero-order valence-electron chi connectivity index (χ0n) is 9.01. The lowest BCUT2D eigenvalue weighted by molar-refractivity contribution is 0.528. The molecule has 0 bridgehead atoms. The van der Waals surface area contributed by atoms with Crippen LogP contribution in [0.3, 0.4) is 0 Å². The van der Waals surface area contributed by atoms with Gasteiger partial charge in [-0.25, -0.2) is 8.78 Å². The van der Waals surface area contributed by atoms with E-state index < -0.39 is 11.6 Å². The molecular weight excluding hydrogens is 292 g/mol. The third-order valence-corrected chi connectivity index (χ3v) is 3.11. The van der Waals surface area contributed by atoms with Crippen LogP contribution in [0.5, 0.6) is 0 Å². The minimum Gasteiger partial charge on any atom is -0.457 e. The first-order chi connectivity index (χ1) is 8.11. The van der Waals surface area contributed by atoms with Gasteiger partial charge in [0.05, 0.1) is 12.3 Å². The molecule has 5 heteroatoms. The predicted molar refractivity (Wildman–Crippen MR) is 63.7 cm³/mol. The van der Waals surface area contributed by atoms with Crippen molar-refractivity contribution in [1.82, 2.24) is 5.32 Å². The zero-order valence-corrected chi connectivity index (χ0v) is 10.6. The minimum atomic E-state index is -0.597. The summed E-state index contributed by atoms with van der Waals surface area (Å²) in [6.45, 7) is 0. The summed E-state index contributed by atoms with van der Waals surface area (Å²) in [5, 5.41) is 2.99. The Balaban J connectivity index is 2.45. The summed E-state index contributed by atoms with van der Waals surface area (Å²) in [5.74, 6) is -1.19. The second-order valence-electron chi connectivity index (χ2n) is 3.57. The maximum absolute atomic E-state index is 13.2. The van der Waals surface area contributed by atoms with E-state index >= 15 is 0 Å². The quantitative estimate of drug-likeness (QED) is 0.936. The van der Waals surface area contributed by atoms with Crippen LogP contribution in [0, 0.1) is 11.6 Å². The first-order valence-corrected chi connectivity index (χ1v) is 5.77. The normalized spacial score (nSPS) is 12.7. The molecule has 0 spiro atoms. The van der Waals surface area contributed by atoms with E-state index in [0.29, 0.717) is 10.2 Å². The van der Waals surface area contributed by atoms with Gasteiger partial charge >= 0.3 is 0 Å². The van der Waals surface area contributed by atoms with Crippen molar-refractivity contribution in [2.24, 2.45) is 0 Å². The number of nitrogens with one attached hydrogen (secondary N) is 1. The lowest BCUT2D eigenvalue weighted by Crippen LogP contribution is -2.17. The van der Waals surface area contributed by atoms with E-state index in [1.807, 2.05) is 0 Å². The lowest BCUT2D eigenvalue weighted by atomic mass is 10.0. The van der Waals surface area contributed by atoms with Crippen molar-refractivity contribution < 1.29 is 13.2 Å². The van der Waals surface area contributed by atoms with Gasteiger partial charge in [0.25, 0.3) is 0 Å². The summed E-state index contributed by atoms with van der Waals surface area (Å²) in [6.07, 6.45) is 1.51. The van der Waals surface area contributed by atoms with Crippen LogP contribution < -0.4 is 5.32 Å². The van der Waals surface area contributed by atoms with Crippen LogP contribution >= 0.6 is 15.9 Å². The maximum atomic E-state index is 13.2. The average Bonchev–Trinajstić information content (AvgIpc) is 2.65. The van der Waals surface area contributed by atoms with Crippen molar-refractivity contribution >= 4 is 15.9 Å². The molecule has 1 aromatic carbocycles. The molecular formula is C12H10BrF2NO. The minimum absolute atomic E-state index is 0.326. The van der Waals surface area contributed by atoms with Gasteiger partial charge in [0.2, 0.25) is 0 Å². The molecule has 0 aliphatic heterocycles. The second-order valence-corrected chi connectivity index (χ2v) is 4.29. The Morgan fingerprint density at radius 3 is 2.35 bits per heavy atom. The van der Waals surface area contributed by atoms with E-state index in [-0.39, 0.29) is 6.04 Å². The molecule has 0 fully saturated rings. The molecule has 1 unspecified atom stereocenters. The van der Waals surface area contributed by atoms with Crippen molar-refractivity contribution in [3.8, 4) is 0 Å². The van der Waals surface area contributed by atoms with Crippen molar-refractivity contribution in [2.45, 2.75) is 6.04 Å². The number of hydrogen-bond donors (Lipinski definition) is 1. The van der Waals surface area contributed by atoms with Crippen molar-refractivity contribution in [2.75, 3.05) is 7.05 Å². The molecule has 2 rings (SSSR count). The lowest BCUT2D eigenvalue weighted by Gasteiger charge is -2.15. The summed E-state index contributed by atoms with van der Waals surface area (Å²) < 4.78 is 32.0.